The molecule has 7 heteroatoms. The third-order valence-corrected chi connectivity index (χ3v) is 6.89. The molecule has 0 heterocycles. The third-order valence-electron chi connectivity index (χ3n) is 6.89. The molecule has 1 unspecified atom stereocenters. The van der Waals surface area contributed by atoms with E-state index in [0.717, 1.165) is 0 Å². The largest absolute Gasteiger partial charge is 0.491 e. The third kappa shape index (κ3) is 5.51. The first kappa shape index (κ1) is 26.0. The molecule has 0 amide bonds. The molecule has 1 atom stereocenters. The molecule has 3 aromatic rings. The second-order valence-electron chi connectivity index (χ2n) is 9.28. The fourth-order valence-electron chi connectivity index (χ4n) is 4.78. The molecule has 0 radical (unpaired) electrons. The fraction of sp³-hybridized carbons (Fsp3) is 0.379. The van der Waals surface area contributed by atoms with Crippen LogP contribution in [-0.2, 0) is 0 Å². The monoisotopic (exact) mass is 502 g/mol. The summed E-state index contributed by atoms with van der Waals surface area (Å²) in [5, 5.41) is 9.65. The van der Waals surface area contributed by atoms with E-state index in [1.165, 1.54) is 12.1 Å². The van der Waals surface area contributed by atoms with Crippen molar-refractivity contribution < 1.29 is 32.1 Å². The van der Waals surface area contributed by atoms with E-state index in [0.29, 0.717) is 42.4 Å². The molecule has 0 bridgehead atoms. The van der Waals surface area contributed by atoms with Gasteiger partial charge in [-0.05, 0) is 80.2 Å². The lowest BCUT2D eigenvalue weighted by Crippen LogP contribution is -2.20. The Morgan fingerprint density at radius 2 is 1.39 bits per heavy atom. The highest BCUT2D eigenvalue weighted by Crippen LogP contribution is 2.39. The maximum absolute atomic E-state index is 15.0. The Morgan fingerprint density at radius 3 is 1.97 bits per heavy atom. The zero-order valence-corrected chi connectivity index (χ0v) is 20.4. The molecule has 0 spiro atoms. The van der Waals surface area contributed by atoms with Crippen molar-refractivity contribution in [1.29, 1.82) is 0 Å². The summed E-state index contributed by atoms with van der Waals surface area (Å²) in [5.41, 5.74) is 1.78. The van der Waals surface area contributed by atoms with Crippen LogP contribution < -0.4 is 9.47 Å². The minimum Gasteiger partial charge on any atom is -0.491 e. The van der Waals surface area contributed by atoms with Crippen LogP contribution in [0.25, 0.3) is 11.1 Å². The average molecular weight is 503 g/mol. The van der Waals surface area contributed by atoms with Crippen LogP contribution in [0.3, 0.4) is 0 Å². The summed E-state index contributed by atoms with van der Waals surface area (Å²) in [5.74, 6) is -4.19. The zero-order valence-electron chi connectivity index (χ0n) is 20.4. The van der Waals surface area contributed by atoms with Crippen molar-refractivity contribution in [3.63, 3.8) is 0 Å². The molecule has 36 heavy (non-hydrogen) atoms. The van der Waals surface area contributed by atoms with Gasteiger partial charge in [0.15, 0.2) is 23.1 Å². The quantitative estimate of drug-likeness (QED) is 0.321. The van der Waals surface area contributed by atoms with Crippen molar-refractivity contribution in [1.82, 2.24) is 0 Å². The number of benzene rings is 3. The maximum atomic E-state index is 15.0. The Labute approximate surface area is 208 Å². The first-order chi connectivity index (χ1) is 17.3. The summed E-state index contributed by atoms with van der Waals surface area (Å²) in [6.45, 7) is 3.77. The van der Waals surface area contributed by atoms with Crippen molar-refractivity contribution in [3.8, 4) is 22.6 Å². The lowest BCUT2D eigenvalue weighted by molar-refractivity contribution is 0.191. The van der Waals surface area contributed by atoms with E-state index in [1.807, 2.05) is 0 Å². The van der Waals surface area contributed by atoms with Gasteiger partial charge in [0.1, 0.15) is 0 Å². The van der Waals surface area contributed by atoms with Crippen LogP contribution in [0.4, 0.5) is 17.6 Å². The number of hydrogen-bond donors (Lipinski definition) is 1. The van der Waals surface area contributed by atoms with Crippen LogP contribution >= 0.6 is 0 Å². The topological polar surface area (TPSA) is 38.7 Å². The minimum atomic E-state index is -1.08. The van der Waals surface area contributed by atoms with Crippen molar-refractivity contribution >= 4 is 0 Å². The van der Waals surface area contributed by atoms with Crippen molar-refractivity contribution in [3.05, 3.63) is 82.9 Å². The van der Waals surface area contributed by atoms with Crippen LogP contribution in [0.15, 0.2) is 48.5 Å². The molecular formula is C29H30F4O3. The van der Waals surface area contributed by atoms with Crippen LogP contribution in [0.2, 0.25) is 0 Å². The molecule has 1 aliphatic carbocycles. The van der Waals surface area contributed by atoms with Gasteiger partial charge in [-0.15, -0.1) is 0 Å². The number of rotatable bonds is 8. The normalized spacial score (nSPS) is 18.6. The van der Waals surface area contributed by atoms with Gasteiger partial charge in [0.2, 0.25) is 11.6 Å². The average Bonchev–Trinajstić information content (AvgIpc) is 2.88. The second kappa shape index (κ2) is 11.3. The Hall–Kier alpha value is -3.06. The van der Waals surface area contributed by atoms with Crippen molar-refractivity contribution in [2.75, 3.05) is 13.2 Å². The summed E-state index contributed by atoms with van der Waals surface area (Å²) in [6, 6.07) is 12.7. The molecule has 192 valence electrons. The molecule has 4 rings (SSSR count). The van der Waals surface area contributed by atoms with Gasteiger partial charge in [0.05, 0.1) is 19.3 Å². The fourth-order valence-corrected chi connectivity index (χ4v) is 4.78. The van der Waals surface area contributed by atoms with E-state index in [4.69, 9.17) is 9.47 Å². The van der Waals surface area contributed by atoms with Crippen LogP contribution in [0, 0.1) is 29.2 Å². The predicted molar refractivity (Wildman–Crippen MR) is 130 cm³/mol. The summed E-state index contributed by atoms with van der Waals surface area (Å²) >= 11 is 0. The van der Waals surface area contributed by atoms with Gasteiger partial charge in [0, 0.05) is 5.56 Å². The smallest absolute Gasteiger partial charge is 0.204 e. The highest BCUT2D eigenvalue weighted by molar-refractivity contribution is 5.65. The molecule has 1 aliphatic rings. The number of aliphatic hydroxyl groups excluding tert-OH is 1. The van der Waals surface area contributed by atoms with Crippen LogP contribution in [-0.4, -0.2) is 18.3 Å². The number of hydrogen-bond acceptors (Lipinski definition) is 3. The van der Waals surface area contributed by atoms with E-state index < -0.39 is 29.4 Å². The van der Waals surface area contributed by atoms with E-state index >= 15 is 4.39 Å². The van der Waals surface area contributed by atoms with Gasteiger partial charge >= 0.3 is 0 Å². The SMILES string of the molecule is CCOc1ccc(OCC2CCC(c3ccc(-c4ccc(C(C)O)cc4)c(F)c3F)CC2)c(F)c1F. The van der Waals surface area contributed by atoms with E-state index in [1.54, 1.807) is 50.2 Å². The lowest BCUT2D eigenvalue weighted by Gasteiger charge is -2.29. The zero-order chi connectivity index (χ0) is 25.8. The Morgan fingerprint density at radius 1 is 0.778 bits per heavy atom. The number of halogens is 4. The van der Waals surface area contributed by atoms with E-state index in [9.17, 15) is 18.3 Å². The Balaban J connectivity index is 1.37. The molecule has 1 N–H and O–H groups in total. The maximum Gasteiger partial charge on any atom is 0.204 e. The molecule has 3 aromatic carbocycles. The van der Waals surface area contributed by atoms with Gasteiger partial charge in [-0.25, -0.2) is 8.78 Å². The highest BCUT2D eigenvalue weighted by atomic mass is 19.2. The van der Waals surface area contributed by atoms with Crippen molar-refractivity contribution in [2.24, 2.45) is 5.92 Å². The standard InChI is InChI=1S/C29H30F4O3/c1-3-35-24-14-15-25(29(33)28(24)32)36-16-18-4-6-20(7-5-18)22-12-13-23(27(31)26(22)30)21-10-8-19(9-11-21)17(2)34/h8-15,17-18,20,34H,3-7,16H2,1-2H3. The van der Waals surface area contributed by atoms with Gasteiger partial charge < -0.3 is 14.6 Å². The molecular weight excluding hydrogens is 472 g/mol. The molecule has 3 nitrogen and oxygen atoms in total. The summed E-state index contributed by atoms with van der Waals surface area (Å²) < 4.78 is 68.9. The summed E-state index contributed by atoms with van der Waals surface area (Å²) in [7, 11) is 0. The Kier molecular flexibility index (Phi) is 8.19. The van der Waals surface area contributed by atoms with E-state index in [2.05, 4.69) is 0 Å². The first-order valence-corrected chi connectivity index (χ1v) is 12.3. The van der Waals surface area contributed by atoms with Crippen LogP contribution in [0.1, 0.15) is 62.7 Å². The lowest BCUT2D eigenvalue weighted by atomic mass is 9.78. The predicted octanol–water partition coefficient (Wildman–Crippen LogP) is 7.71. The first-order valence-electron chi connectivity index (χ1n) is 12.3. The van der Waals surface area contributed by atoms with E-state index in [-0.39, 0.29) is 42.1 Å². The highest BCUT2D eigenvalue weighted by Gasteiger charge is 2.27. The number of ether oxygens (including phenoxy) is 2. The minimum absolute atomic E-state index is 0.106. The Bertz CT molecular complexity index is 1190. The molecule has 0 aromatic heterocycles. The molecule has 0 aliphatic heterocycles. The van der Waals surface area contributed by atoms with Crippen LogP contribution in [0.5, 0.6) is 11.5 Å². The van der Waals surface area contributed by atoms with Gasteiger partial charge in [-0.1, -0.05) is 36.4 Å². The molecule has 1 fully saturated rings. The number of aliphatic hydroxyl groups is 1. The van der Waals surface area contributed by atoms with Crippen molar-refractivity contribution in [2.45, 2.75) is 51.6 Å². The second-order valence-corrected chi connectivity index (χ2v) is 9.28. The van der Waals surface area contributed by atoms with Gasteiger partial charge in [-0.2, -0.15) is 8.78 Å². The summed E-state index contributed by atoms with van der Waals surface area (Å²) in [6.07, 6.45) is 2.06. The molecule has 1 saturated carbocycles. The van der Waals surface area contributed by atoms with Gasteiger partial charge in [0.25, 0.3) is 0 Å². The molecule has 0 saturated heterocycles. The summed E-state index contributed by atoms with van der Waals surface area (Å²) in [4.78, 5) is 0. The van der Waals surface area contributed by atoms with Gasteiger partial charge in [-0.3, -0.25) is 0 Å².